The summed E-state index contributed by atoms with van der Waals surface area (Å²) >= 11 is 0. The maximum atomic E-state index is 14.1. The van der Waals surface area contributed by atoms with Gasteiger partial charge in [0.25, 0.3) is 0 Å². The van der Waals surface area contributed by atoms with Crippen molar-refractivity contribution >= 4 is 0 Å². The fourth-order valence-corrected chi connectivity index (χ4v) is 4.42. The summed E-state index contributed by atoms with van der Waals surface area (Å²) in [6.45, 7) is 0. The van der Waals surface area contributed by atoms with Gasteiger partial charge in [0, 0.05) is 16.7 Å². The number of aliphatic hydroxyl groups excluding tert-OH is 1. The molecule has 0 spiro atoms. The number of benzene rings is 2. The fourth-order valence-electron chi connectivity index (χ4n) is 4.42. The molecule has 2 aromatic carbocycles. The number of rotatable bonds is 6. The van der Waals surface area contributed by atoms with Crippen molar-refractivity contribution in [3.05, 3.63) is 70.8 Å². The topological polar surface area (TPSA) is 119 Å². The summed E-state index contributed by atoms with van der Waals surface area (Å²) in [5.74, 6) is -0.416. The molecule has 0 radical (unpaired) electrons. The van der Waals surface area contributed by atoms with E-state index in [9.17, 15) is 13.2 Å². The molecule has 10 heteroatoms. The summed E-state index contributed by atoms with van der Waals surface area (Å²) in [5, 5.41) is 26.2. The first-order valence-corrected chi connectivity index (χ1v) is 11.1. The van der Waals surface area contributed by atoms with E-state index in [0.717, 1.165) is 16.7 Å². The lowest BCUT2D eigenvalue weighted by Gasteiger charge is -2.17. The van der Waals surface area contributed by atoms with E-state index >= 15 is 0 Å². The molecule has 4 N–H and O–H groups in total. The van der Waals surface area contributed by atoms with Crippen molar-refractivity contribution < 1.29 is 32.4 Å². The van der Waals surface area contributed by atoms with E-state index in [0.29, 0.717) is 36.9 Å². The second-order valence-corrected chi connectivity index (χ2v) is 8.55. The van der Waals surface area contributed by atoms with Crippen LogP contribution in [-0.4, -0.2) is 32.9 Å². The van der Waals surface area contributed by atoms with Gasteiger partial charge in [0.2, 0.25) is 0 Å². The second kappa shape index (κ2) is 8.95. The Bertz CT molecular complexity index is 1350. The van der Waals surface area contributed by atoms with Gasteiger partial charge in [-0.3, -0.25) is 0 Å². The lowest BCUT2D eigenvalue weighted by Crippen LogP contribution is -2.34. The van der Waals surface area contributed by atoms with Crippen LogP contribution in [0.5, 0.6) is 0 Å². The van der Waals surface area contributed by atoms with E-state index in [-0.39, 0.29) is 17.1 Å². The Labute approximate surface area is 198 Å². The third-order valence-electron chi connectivity index (χ3n) is 6.23. The summed E-state index contributed by atoms with van der Waals surface area (Å²) in [7, 11) is 0. The summed E-state index contributed by atoms with van der Waals surface area (Å²) in [5.41, 5.74) is 8.29. The molecule has 5 rings (SSSR count). The predicted octanol–water partition coefficient (Wildman–Crippen LogP) is 4.35. The number of hydrogen-bond acceptors (Lipinski definition) is 7. The highest BCUT2D eigenvalue weighted by Gasteiger charge is 2.43. The maximum absolute atomic E-state index is 14.1. The highest BCUT2D eigenvalue weighted by Crippen LogP contribution is 2.46. The molecule has 2 aromatic heterocycles. The number of hydrogen-bond donors (Lipinski definition) is 3. The summed E-state index contributed by atoms with van der Waals surface area (Å²) in [4.78, 5) is 0. The number of nitrogens with zero attached hydrogens (tertiary/aromatic N) is 2. The van der Waals surface area contributed by atoms with Crippen molar-refractivity contribution in [1.29, 1.82) is 0 Å². The van der Waals surface area contributed by atoms with Crippen molar-refractivity contribution in [1.82, 2.24) is 10.3 Å². The SMILES string of the molecule is NC(CCc1ccc2c(c1)CCc1c-2noc1-c1noc(-c2ccccc2)c1C(F)(F)F)C(O)O. The molecule has 0 saturated heterocycles. The first-order chi connectivity index (χ1) is 16.7. The lowest BCUT2D eigenvalue weighted by molar-refractivity contribution is -0.136. The van der Waals surface area contributed by atoms with Crippen LogP contribution in [-0.2, 0) is 25.4 Å². The van der Waals surface area contributed by atoms with Gasteiger partial charge in [0.05, 0.1) is 6.04 Å². The van der Waals surface area contributed by atoms with E-state index < -0.39 is 29.8 Å². The zero-order valence-corrected chi connectivity index (χ0v) is 18.4. The van der Waals surface area contributed by atoms with Crippen molar-refractivity contribution in [3.8, 4) is 34.0 Å². The molecule has 1 atom stereocenters. The summed E-state index contributed by atoms with van der Waals surface area (Å²) < 4.78 is 52.9. The molecule has 182 valence electrons. The van der Waals surface area contributed by atoms with E-state index in [1.807, 2.05) is 18.2 Å². The molecule has 0 fully saturated rings. The van der Waals surface area contributed by atoms with E-state index in [1.54, 1.807) is 18.2 Å². The van der Waals surface area contributed by atoms with Gasteiger partial charge in [-0.1, -0.05) is 58.8 Å². The molecular weight excluding hydrogens is 463 g/mol. The van der Waals surface area contributed by atoms with Crippen LogP contribution in [0, 0.1) is 0 Å². The lowest BCUT2D eigenvalue weighted by atomic mass is 9.86. The van der Waals surface area contributed by atoms with E-state index in [1.165, 1.54) is 12.1 Å². The first kappa shape index (κ1) is 23.3. The van der Waals surface area contributed by atoms with Gasteiger partial charge in [-0.2, -0.15) is 13.2 Å². The maximum Gasteiger partial charge on any atom is 0.422 e. The molecule has 1 unspecified atom stereocenters. The Morgan fingerprint density at radius 1 is 0.943 bits per heavy atom. The Morgan fingerprint density at radius 2 is 1.66 bits per heavy atom. The van der Waals surface area contributed by atoms with Crippen LogP contribution in [0.15, 0.2) is 57.6 Å². The zero-order chi connectivity index (χ0) is 24.7. The number of fused-ring (bicyclic) bond motifs is 3. The number of nitrogens with two attached hydrogens (primary N) is 1. The molecule has 2 heterocycles. The largest absolute Gasteiger partial charge is 0.422 e. The fraction of sp³-hybridized carbons (Fsp3) is 0.280. The van der Waals surface area contributed by atoms with Gasteiger partial charge in [-0.15, -0.1) is 0 Å². The molecule has 4 aromatic rings. The molecule has 7 nitrogen and oxygen atoms in total. The van der Waals surface area contributed by atoms with Crippen LogP contribution in [0.2, 0.25) is 0 Å². The van der Waals surface area contributed by atoms with E-state index in [2.05, 4.69) is 10.3 Å². The molecule has 1 aliphatic carbocycles. The van der Waals surface area contributed by atoms with Crippen LogP contribution >= 0.6 is 0 Å². The zero-order valence-electron chi connectivity index (χ0n) is 18.4. The highest BCUT2D eigenvalue weighted by atomic mass is 19.4. The standard InChI is InChI=1S/C25H22F3N3O4/c26-25(27,28)19-21(31-34-22(19)14-4-2-1-3-5-14)23-17-10-8-15-12-13(7-11-18(29)24(32)33)6-9-16(15)20(17)30-35-23/h1-6,9,12,18,24,32-33H,7-8,10-11,29H2. The average molecular weight is 485 g/mol. The molecule has 1 aliphatic rings. The average Bonchev–Trinajstić information content (AvgIpc) is 3.47. The van der Waals surface area contributed by atoms with Crippen LogP contribution in [0.3, 0.4) is 0 Å². The van der Waals surface area contributed by atoms with Crippen molar-refractivity contribution in [2.45, 2.75) is 44.2 Å². The van der Waals surface area contributed by atoms with Gasteiger partial charge in [0.1, 0.15) is 11.3 Å². The smallest absolute Gasteiger partial charge is 0.367 e. The first-order valence-electron chi connectivity index (χ1n) is 11.1. The van der Waals surface area contributed by atoms with Crippen molar-refractivity contribution in [2.24, 2.45) is 5.73 Å². The second-order valence-electron chi connectivity index (χ2n) is 8.55. The van der Waals surface area contributed by atoms with Crippen LogP contribution in [0.1, 0.15) is 28.7 Å². The summed E-state index contributed by atoms with van der Waals surface area (Å²) in [6.07, 6.45) is -4.35. The molecule has 0 saturated carbocycles. The van der Waals surface area contributed by atoms with Crippen LogP contribution in [0.4, 0.5) is 13.2 Å². The van der Waals surface area contributed by atoms with Gasteiger partial charge >= 0.3 is 6.18 Å². The Balaban J connectivity index is 1.51. The number of alkyl halides is 3. The predicted molar refractivity (Wildman–Crippen MR) is 120 cm³/mol. The van der Waals surface area contributed by atoms with Crippen molar-refractivity contribution in [3.63, 3.8) is 0 Å². The Kier molecular flexibility index (Phi) is 5.96. The molecular formula is C25H22F3N3O4. The van der Waals surface area contributed by atoms with E-state index in [4.69, 9.17) is 25.0 Å². The number of aromatic nitrogens is 2. The summed E-state index contributed by atoms with van der Waals surface area (Å²) in [6, 6.07) is 12.9. The number of aliphatic hydroxyl groups is 2. The third kappa shape index (κ3) is 4.36. The monoisotopic (exact) mass is 485 g/mol. The highest BCUT2D eigenvalue weighted by molar-refractivity contribution is 5.79. The molecule has 35 heavy (non-hydrogen) atoms. The molecule has 0 bridgehead atoms. The number of aryl methyl sites for hydroxylation is 2. The van der Waals surface area contributed by atoms with Gasteiger partial charge in [0.15, 0.2) is 23.5 Å². The van der Waals surface area contributed by atoms with Gasteiger partial charge in [-0.25, -0.2) is 0 Å². The van der Waals surface area contributed by atoms with Crippen LogP contribution < -0.4 is 5.73 Å². The van der Waals surface area contributed by atoms with Crippen molar-refractivity contribution in [2.75, 3.05) is 0 Å². The van der Waals surface area contributed by atoms with Crippen LogP contribution in [0.25, 0.3) is 34.0 Å². The third-order valence-corrected chi connectivity index (χ3v) is 6.23. The Morgan fingerprint density at radius 3 is 2.37 bits per heavy atom. The quantitative estimate of drug-likeness (QED) is 0.348. The van der Waals surface area contributed by atoms with Gasteiger partial charge < -0.3 is 25.0 Å². The molecule has 0 amide bonds. The minimum Gasteiger partial charge on any atom is -0.367 e. The number of halogens is 3. The van der Waals surface area contributed by atoms with Gasteiger partial charge in [-0.05, 0) is 36.8 Å². The Hall–Kier alpha value is -3.47. The normalized spacial score (nSPS) is 14.1. The minimum atomic E-state index is -4.72. The minimum absolute atomic E-state index is 0.0455. The molecule has 0 aliphatic heterocycles.